The summed E-state index contributed by atoms with van der Waals surface area (Å²) < 4.78 is 48.4. The second-order valence-corrected chi connectivity index (χ2v) is 12.2. The quantitative estimate of drug-likeness (QED) is 0.405. The highest BCUT2D eigenvalue weighted by Gasteiger charge is 2.53. The molecule has 3 aromatic rings. The van der Waals surface area contributed by atoms with Gasteiger partial charge in [-0.1, -0.05) is 17.7 Å². The van der Waals surface area contributed by atoms with Crippen LogP contribution in [-0.4, -0.2) is 52.9 Å². The van der Waals surface area contributed by atoms with Crippen molar-refractivity contribution in [3.05, 3.63) is 57.9 Å². The van der Waals surface area contributed by atoms with Gasteiger partial charge in [0.25, 0.3) is 0 Å². The Morgan fingerprint density at radius 2 is 1.92 bits per heavy atom. The van der Waals surface area contributed by atoms with Gasteiger partial charge in [0.05, 0.1) is 21.4 Å². The predicted octanol–water partition coefficient (Wildman–Crippen LogP) is 4.48. The highest BCUT2D eigenvalue weighted by Crippen LogP contribution is 2.44. The zero-order chi connectivity index (χ0) is 25.8. The van der Waals surface area contributed by atoms with Crippen molar-refractivity contribution in [1.29, 1.82) is 0 Å². The van der Waals surface area contributed by atoms with Crippen LogP contribution >= 0.6 is 27.5 Å². The van der Waals surface area contributed by atoms with Crippen molar-refractivity contribution in [3.8, 4) is 22.6 Å². The topological polar surface area (TPSA) is 118 Å². The van der Waals surface area contributed by atoms with Crippen LogP contribution in [0.25, 0.3) is 22.6 Å². The van der Waals surface area contributed by atoms with E-state index in [4.69, 9.17) is 22.1 Å². The van der Waals surface area contributed by atoms with Gasteiger partial charge in [-0.3, -0.25) is 4.79 Å². The van der Waals surface area contributed by atoms with E-state index in [0.717, 1.165) is 0 Å². The lowest BCUT2D eigenvalue weighted by Gasteiger charge is -2.53. The smallest absolute Gasteiger partial charge is 0.322 e. The Labute approximate surface area is 221 Å². The molecule has 0 amide bonds. The SMILES string of the molecule is C[C@H](N)C(=O)OC1CC2CC(C1)N2S(=O)(=O)c1cc(-c2ncc(-c3ccc(Br)c(F)c3)[nH]2)ccc1Cl. The molecule has 1 saturated carbocycles. The number of carbonyl (C=O) groups excluding carboxylic acids is 1. The van der Waals surface area contributed by atoms with Gasteiger partial charge in [-0.05, 0) is 59.6 Å². The minimum atomic E-state index is -3.91. The largest absolute Gasteiger partial charge is 0.461 e. The van der Waals surface area contributed by atoms with Crippen molar-refractivity contribution in [2.45, 2.75) is 55.3 Å². The molecule has 2 aliphatic heterocycles. The molecule has 3 aliphatic rings. The first-order valence-corrected chi connectivity index (χ1v) is 14.0. The van der Waals surface area contributed by atoms with Gasteiger partial charge < -0.3 is 15.5 Å². The van der Waals surface area contributed by atoms with Gasteiger partial charge >= 0.3 is 5.97 Å². The van der Waals surface area contributed by atoms with Crippen LogP contribution in [0.3, 0.4) is 0 Å². The molecule has 2 bridgehead atoms. The van der Waals surface area contributed by atoms with E-state index in [1.807, 2.05) is 0 Å². The van der Waals surface area contributed by atoms with E-state index in [1.165, 1.54) is 22.5 Å². The fourth-order valence-electron chi connectivity index (χ4n) is 4.79. The number of fused-ring (bicyclic) bond motifs is 2. The average molecular weight is 598 g/mol. The number of benzene rings is 2. The van der Waals surface area contributed by atoms with E-state index < -0.39 is 27.9 Å². The van der Waals surface area contributed by atoms with Gasteiger partial charge in [-0.15, -0.1) is 0 Å². The number of halogens is 3. The molecule has 6 rings (SSSR count). The zero-order valence-electron chi connectivity index (χ0n) is 19.1. The second-order valence-electron chi connectivity index (χ2n) is 9.12. The monoisotopic (exact) mass is 596 g/mol. The molecule has 12 heteroatoms. The van der Waals surface area contributed by atoms with Crippen LogP contribution in [0.4, 0.5) is 4.39 Å². The van der Waals surface area contributed by atoms with Crippen molar-refractivity contribution >= 4 is 43.5 Å². The van der Waals surface area contributed by atoms with Crippen molar-refractivity contribution in [1.82, 2.24) is 14.3 Å². The van der Waals surface area contributed by atoms with Crippen LogP contribution in [0.2, 0.25) is 5.02 Å². The molecule has 2 aromatic carbocycles. The molecule has 3 N–H and O–H groups in total. The second kappa shape index (κ2) is 9.53. The maximum Gasteiger partial charge on any atom is 0.322 e. The lowest BCUT2D eigenvalue weighted by molar-refractivity contribution is -0.157. The minimum absolute atomic E-state index is 0.0185. The number of nitrogens with one attached hydrogen (secondary N) is 1. The Morgan fingerprint density at radius 3 is 2.58 bits per heavy atom. The van der Waals surface area contributed by atoms with E-state index >= 15 is 0 Å². The fraction of sp³-hybridized carbons (Fsp3) is 0.333. The molecular weight excluding hydrogens is 575 g/mol. The fourth-order valence-corrected chi connectivity index (χ4v) is 7.39. The molecule has 0 spiro atoms. The number of aromatic amines is 1. The summed E-state index contributed by atoms with van der Waals surface area (Å²) in [6, 6.07) is 8.12. The minimum Gasteiger partial charge on any atom is -0.461 e. The number of piperidine rings is 1. The molecular formula is C24H23BrClFN4O4S. The van der Waals surface area contributed by atoms with E-state index in [0.29, 0.717) is 46.4 Å². The van der Waals surface area contributed by atoms with Crippen LogP contribution in [0.15, 0.2) is 52.0 Å². The van der Waals surface area contributed by atoms with Crippen LogP contribution < -0.4 is 5.73 Å². The van der Waals surface area contributed by atoms with Gasteiger partial charge in [0.15, 0.2) is 0 Å². The summed E-state index contributed by atoms with van der Waals surface area (Å²) in [4.78, 5) is 19.3. The standard InChI is InChI=1S/C24H23BrClFN4O4S/c1-12(28)24(32)35-17-9-15-8-16(10-17)31(15)36(33,34)22-7-14(3-5-19(22)26)23-29-11-21(30-23)13-2-4-18(25)20(27)6-13/h2-7,11-12,15-17H,8-10,28H2,1H3,(H,29,30)/t12-,15?,16?,17?/m0/s1. The third-order valence-corrected chi connectivity index (χ3v) is 9.68. The van der Waals surface area contributed by atoms with Crippen LogP contribution in [-0.2, 0) is 19.6 Å². The first-order valence-electron chi connectivity index (χ1n) is 11.3. The number of hydrogen-bond acceptors (Lipinski definition) is 6. The Hall–Kier alpha value is -2.31. The Balaban J connectivity index is 1.38. The number of H-pyrrole nitrogens is 1. The van der Waals surface area contributed by atoms with E-state index in [-0.39, 0.29) is 28.1 Å². The molecule has 190 valence electrons. The molecule has 8 nitrogen and oxygen atoms in total. The molecule has 3 heterocycles. The summed E-state index contributed by atoms with van der Waals surface area (Å²) in [5.74, 6) is -0.471. The third kappa shape index (κ3) is 4.58. The van der Waals surface area contributed by atoms with Gasteiger partial charge in [0.1, 0.15) is 28.7 Å². The molecule has 1 aliphatic carbocycles. The van der Waals surface area contributed by atoms with Crippen LogP contribution in [0.1, 0.15) is 26.2 Å². The van der Waals surface area contributed by atoms with Crippen molar-refractivity contribution in [2.75, 3.05) is 0 Å². The summed E-state index contributed by atoms with van der Waals surface area (Å²) >= 11 is 9.49. The maximum absolute atomic E-state index is 14.0. The van der Waals surface area contributed by atoms with Crippen molar-refractivity contribution in [2.24, 2.45) is 5.73 Å². The van der Waals surface area contributed by atoms with Gasteiger partial charge in [0.2, 0.25) is 10.0 Å². The first-order chi connectivity index (χ1) is 17.0. The summed E-state index contributed by atoms with van der Waals surface area (Å²) in [6.45, 7) is 1.55. The van der Waals surface area contributed by atoms with Crippen molar-refractivity contribution < 1.29 is 22.3 Å². The number of esters is 1. The van der Waals surface area contributed by atoms with Gasteiger partial charge in [-0.2, -0.15) is 4.31 Å². The number of carbonyl (C=O) groups is 1. The van der Waals surface area contributed by atoms with E-state index in [1.54, 1.807) is 31.3 Å². The number of nitrogens with zero attached hydrogens (tertiary/aromatic N) is 2. The number of hydrogen-bond donors (Lipinski definition) is 2. The summed E-state index contributed by atoms with van der Waals surface area (Å²) in [7, 11) is -3.91. The Kier molecular flexibility index (Phi) is 6.71. The number of aromatic nitrogens is 2. The van der Waals surface area contributed by atoms with Crippen molar-refractivity contribution in [3.63, 3.8) is 0 Å². The summed E-state index contributed by atoms with van der Waals surface area (Å²) in [5, 5.41) is 0.102. The van der Waals surface area contributed by atoms with Crippen LogP contribution in [0, 0.1) is 5.82 Å². The molecule has 2 unspecified atom stereocenters. The third-order valence-electron chi connectivity index (χ3n) is 6.55. The highest BCUT2D eigenvalue weighted by molar-refractivity contribution is 9.10. The molecule has 3 fully saturated rings. The first kappa shape index (κ1) is 25.3. The average Bonchev–Trinajstić information content (AvgIpc) is 3.31. The number of imidazole rings is 1. The summed E-state index contributed by atoms with van der Waals surface area (Å²) in [5.41, 5.74) is 7.28. The van der Waals surface area contributed by atoms with E-state index in [2.05, 4.69) is 25.9 Å². The Morgan fingerprint density at radius 1 is 1.22 bits per heavy atom. The van der Waals surface area contributed by atoms with Crippen LogP contribution in [0.5, 0.6) is 0 Å². The lowest BCUT2D eigenvalue weighted by atomic mass is 9.81. The zero-order valence-corrected chi connectivity index (χ0v) is 22.3. The number of ether oxygens (including phenoxy) is 1. The molecule has 3 atom stereocenters. The predicted molar refractivity (Wildman–Crippen MR) is 136 cm³/mol. The number of nitrogens with two attached hydrogens (primary N) is 1. The molecule has 2 saturated heterocycles. The number of sulfonamides is 1. The molecule has 0 radical (unpaired) electrons. The molecule has 36 heavy (non-hydrogen) atoms. The molecule has 1 aromatic heterocycles. The van der Waals surface area contributed by atoms with Gasteiger partial charge in [-0.25, -0.2) is 17.8 Å². The highest BCUT2D eigenvalue weighted by atomic mass is 79.9. The maximum atomic E-state index is 14.0. The lowest BCUT2D eigenvalue weighted by Crippen LogP contribution is -2.64. The van der Waals surface area contributed by atoms with E-state index in [9.17, 15) is 17.6 Å². The Bertz CT molecular complexity index is 1440. The summed E-state index contributed by atoms with van der Waals surface area (Å²) in [6.07, 6.45) is 2.73. The normalized spacial score (nSPS) is 22.6. The van der Waals surface area contributed by atoms with Gasteiger partial charge in [0, 0.05) is 36.1 Å². The number of rotatable bonds is 6.